The van der Waals surface area contributed by atoms with Crippen molar-refractivity contribution in [3.05, 3.63) is 52.1 Å². The summed E-state index contributed by atoms with van der Waals surface area (Å²) in [5.41, 5.74) is 2.78. The lowest BCUT2D eigenvalue weighted by molar-refractivity contribution is -0.118. The summed E-state index contributed by atoms with van der Waals surface area (Å²) in [6.07, 6.45) is 6.02. The summed E-state index contributed by atoms with van der Waals surface area (Å²) < 4.78 is 15.4. The Kier molecular flexibility index (Phi) is 7.40. The zero-order valence-corrected chi connectivity index (χ0v) is 20.6. The van der Waals surface area contributed by atoms with Crippen molar-refractivity contribution in [2.24, 2.45) is 7.05 Å². The minimum absolute atomic E-state index is 0.124. The molecule has 7 nitrogen and oxygen atoms in total. The molecule has 35 heavy (non-hydrogen) atoms. The second-order valence-electron chi connectivity index (χ2n) is 10.0. The van der Waals surface area contributed by atoms with Crippen LogP contribution in [0, 0.1) is 19.7 Å². The number of anilines is 1. The maximum Gasteiger partial charge on any atom is 0.294 e. The highest BCUT2D eigenvalue weighted by molar-refractivity contribution is 6.43. The lowest BCUT2D eigenvalue weighted by atomic mass is 9.93. The monoisotopic (exact) mass is 483 g/mol. The lowest BCUT2D eigenvalue weighted by Gasteiger charge is -2.25. The third-order valence-corrected chi connectivity index (χ3v) is 7.52. The van der Waals surface area contributed by atoms with Crippen molar-refractivity contribution in [3.8, 4) is 0 Å². The average molecular weight is 484 g/mol. The topological polar surface area (TPSA) is 100 Å². The van der Waals surface area contributed by atoms with Crippen LogP contribution < -0.4 is 10.6 Å². The average Bonchev–Trinajstić information content (AvgIpc) is 3.43. The summed E-state index contributed by atoms with van der Waals surface area (Å²) in [5.74, 6) is -1.94. The van der Waals surface area contributed by atoms with Gasteiger partial charge in [-0.1, -0.05) is 12.8 Å². The number of nitrogens with one attached hydrogen (secondary N) is 2. The molecule has 0 atom stereocenters. The van der Waals surface area contributed by atoms with E-state index in [1.807, 2.05) is 0 Å². The van der Waals surface area contributed by atoms with Crippen LogP contribution >= 0.6 is 0 Å². The number of Topliss-reactive ketones (excluding diaryl/α,β-unsaturated/α-hetero) is 1. The molecule has 1 aromatic carbocycles. The van der Waals surface area contributed by atoms with Crippen LogP contribution in [0.5, 0.6) is 0 Å². The Morgan fingerprint density at radius 3 is 2.31 bits per heavy atom. The van der Waals surface area contributed by atoms with E-state index >= 15 is 0 Å². The van der Waals surface area contributed by atoms with Crippen molar-refractivity contribution in [2.45, 2.75) is 83.3 Å². The molecule has 2 saturated carbocycles. The van der Waals surface area contributed by atoms with E-state index in [1.165, 1.54) is 12.1 Å². The van der Waals surface area contributed by atoms with Gasteiger partial charge in [0.05, 0.1) is 17.4 Å². The van der Waals surface area contributed by atoms with E-state index in [9.17, 15) is 23.9 Å². The molecule has 0 bridgehead atoms. The molecule has 2 fully saturated rings. The Balaban J connectivity index is 1.64. The maximum atomic E-state index is 13.7. The number of nitrogens with zero attached hydrogens (tertiary/aromatic N) is 1. The van der Waals surface area contributed by atoms with Crippen LogP contribution in [-0.2, 0) is 11.8 Å². The van der Waals surface area contributed by atoms with Crippen molar-refractivity contribution in [1.29, 1.82) is 0 Å². The Bertz CT molecular complexity index is 1140. The molecule has 2 aliphatic carbocycles. The molecule has 0 radical (unpaired) electrons. The minimum atomic E-state index is -0.686. The van der Waals surface area contributed by atoms with E-state index < -0.39 is 11.7 Å². The second-order valence-corrected chi connectivity index (χ2v) is 10.0. The third-order valence-electron chi connectivity index (χ3n) is 7.52. The second kappa shape index (κ2) is 10.3. The van der Waals surface area contributed by atoms with Gasteiger partial charge in [0.15, 0.2) is 0 Å². The van der Waals surface area contributed by atoms with E-state index in [2.05, 4.69) is 10.6 Å². The molecule has 2 amide bonds. The van der Waals surface area contributed by atoms with Crippen LogP contribution in [0.3, 0.4) is 0 Å². The first kappa shape index (κ1) is 25.1. The number of ketones is 1. The van der Waals surface area contributed by atoms with Crippen LogP contribution in [-0.4, -0.2) is 39.4 Å². The third kappa shape index (κ3) is 5.17. The summed E-state index contributed by atoms with van der Waals surface area (Å²) in [6.45, 7) is 3.34. The molecule has 4 rings (SSSR count). The Hall–Kier alpha value is -3.00. The van der Waals surface area contributed by atoms with Gasteiger partial charge in [0.25, 0.3) is 17.6 Å². The standard InChI is InChI=1S/C27H34FN3O4/c1-15-14-19(10-13-21(15)28)30-26(34)22-16(2)23(31(3)24(22)17-6-4-5-7-17)25(33)27(35)29-18-8-11-20(32)12-9-18/h10,13-14,17-18,20,32H,4-9,11-12H2,1-3H3,(H,29,35)(H,30,34). The van der Waals surface area contributed by atoms with Gasteiger partial charge in [-0.15, -0.1) is 0 Å². The van der Waals surface area contributed by atoms with Gasteiger partial charge in [-0.3, -0.25) is 14.4 Å². The Labute approximate surface area is 205 Å². The zero-order valence-electron chi connectivity index (χ0n) is 20.6. The van der Waals surface area contributed by atoms with Crippen LogP contribution in [0.15, 0.2) is 18.2 Å². The van der Waals surface area contributed by atoms with Gasteiger partial charge in [-0.05, 0) is 81.7 Å². The molecular weight excluding hydrogens is 449 g/mol. The normalized spacial score (nSPS) is 20.6. The predicted octanol–water partition coefficient (Wildman–Crippen LogP) is 4.29. The molecule has 188 valence electrons. The molecule has 0 unspecified atom stereocenters. The number of rotatable bonds is 6. The van der Waals surface area contributed by atoms with Gasteiger partial charge >= 0.3 is 0 Å². The SMILES string of the molecule is Cc1cc(NC(=O)c2c(C)c(C(=O)C(=O)NC3CCC(O)CC3)n(C)c2C2CCCC2)ccc1F. The van der Waals surface area contributed by atoms with Gasteiger partial charge in [-0.2, -0.15) is 0 Å². The number of amides is 2. The van der Waals surface area contributed by atoms with Gasteiger partial charge < -0.3 is 20.3 Å². The fraction of sp³-hybridized carbons (Fsp3) is 0.519. The number of aromatic nitrogens is 1. The number of aryl methyl sites for hydroxylation is 1. The van der Waals surface area contributed by atoms with Crippen LogP contribution in [0.1, 0.15) is 95.0 Å². The van der Waals surface area contributed by atoms with Crippen molar-refractivity contribution >= 4 is 23.3 Å². The van der Waals surface area contributed by atoms with E-state index in [4.69, 9.17) is 0 Å². The summed E-state index contributed by atoms with van der Waals surface area (Å²) in [5, 5.41) is 15.4. The maximum absolute atomic E-state index is 13.7. The fourth-order valence-corrected chi connectivity index (χ4v) is 5.63. The number of aliphatic hydroxyl groups is 1. The number of carbonyl (C=O) groups excluding carboxylic acids is 3. The van der Waals surface area contributed by atoms with Gasteiger partial charge in [0.2, 0.25) is 0 Å². The van der Waals surface area contributed by atoms with Crippen molar-refractivity contribution in [3.63, 3.8) is 0 Å². The first-order valence-electron chi connectivity index (χ1n) is 12.5. The number of benzene rings is 1. The number of halogens is 1. The van der Waals surface area contributed by atoms with Crippen molar-refractivity contribution in [2.75, 3.05) is 5.32 Å². The van der Waals surface area contributed by atoms with Crippen LogP contribution in [0.2, 0.25) is 0 Å². The molecular formula is C27H34FN3O4. The first-order chi connectivity index (χ1) is 16.7. The number of aliphatic hydroxyl groups excluding tert-OH is 1. The molecule has 0 aliphatic heterocycles. The molecule has 1 heterocycles. The minimum Gasteiger partial charge on any atom is -0.393 e. The van der Waals surface area contributed by atoms with Gasteiger partial charge in [0, 0.05) is 30.4 Å². The Morgan fingerprint density at radius 1 is 1.03 bits per heavy atom. The molecule has 0 saturated heterocycles. The number of carbonyl (C=O) groups is 3. The summed E-state index contributed by atoms with van der Waals surface area (Å²) in [4.78, 5) is 39.7. The highest BCUT2D eigenvalue weighted by Crippen LogP contribution is 2.39. The highest BCUT2D eigenvalue weighted by atomic mass is 19.1. The number of hydrogen-bond acceptors (Lipinski definition) is 4. The Morgan fingerprint density at radius 2 is 1.69 bits per heavy atom. The van der Waals surface area contributed by atoms with E-state index in [-0.39, 0.29) is 35.5 Å². The number of hydrogen-bond donors (Lipinski definition) is 3. The molecule has 1 aromatic heterocycles. The summed E-state index contributed by atoms with van der Waals surface area (Å²) in [6, 6.07) is 4.24. The quantitative estimate of drug-likeness (QED) is 0.421. The van der Waals surface area contributed by atoms with Crippen molar-refractivity contribution < 1.29 is 23.9 Å². The van der Waals surface area contributed by atoms with Crippen LogP contribution in [0.4, 0.5) is 10.1 Å². The lowest BCUT2D eigenvalue weighted by Crippen LogP contribution is -2.42. The van der Waals surface area contributed by atoms with E-state index in [0.29, 0.717) is 48.1 Å². The molecule has 0 spiro atoms. The fourth-order valence-electron chi connectivity index (χ4n) is 5.63. The first-order valence-corrected chi connectivity index (χ1v) is 12.5. The predicted molar refractivity (Wildman–Crippen MR) is 131 cm³/mol. The van der Waals surface area contributed by atoms with Crippen LogP contribution in [0.25, 0.3) is 0 Å². The van der Waals surface area contributed by atoms with Gasteiger partial charge in [-0.25, -0.2) is 4.39 Å². The highest BCUT2D eigenvalue weighted by Gasteiger charge is 2.35. The molecule has 8 heteroatoms. The molecule has 2 aliphatic rings. The van der Waals surface area contributed by atoms with Crippen molar-refractivity contribution in [1.82, 2.24) is 9.88 Å². The van der Waals surface area contributed by atoms with E-state index in [1.54, 1.807) is 31.5 Å². The van der Waals surface area contributed by atoms with E-state index in [0.717, 1.165) is 31.4 Å². The molecule has 3 N–H and O–H groups in total. The largest absolute Gasteiger partial charge is 0.393 e. The zero-order chi connectivity index (χ0) is 25.3. The summed E-state index contributed by atoms with van der Waals surface area (Å²) in [7, 11) is 1.75. The summed E-state index contributed by atoms with van der Waals surface area (Å²) >= 11 is 0. The molecule has 2 aromatic rings. The smallest absolute Gasteiger partial charge is 0.294 e. The van der Waals surface area contributed by atoms with Gasteiger partial charge in [0.1, 0.15) is 5.82 Å².